The third kappa shape index (κ3) is 3.45. The van der Waals surface area contributed by atoms with Gasteiger partial charge in [-0.1, -0.05) is 17.7 Å². The average Bonchev–Trinajstić information content (AvgIpc) is 2.38. The fourth-order valence-corrected chi connectivity index (χ4v) is 2.75. The zero-order valence-electron chi connectivity index (χ0n) is 11.1. The minimum Gasteiger partial charge on any atom is -0.374 e. The quantitative estimate of drug-likeness (QED) is 0.661. The van der Waals surface area contributed by atoms with Crippen molar-refractivity contribution in [1.29, 1.82) is 0 Å². The second-order valence-electron chi connectivity index (χ2n) is 5.28. The van der Waals surface area contributed by atoms with Crippen LogP contribution in [0.25, 0.3) is 0 Å². The lowest BCUT2D eigenvalue weighted by atomic mass is 9.85. The topological polar surface area (TPSA) is 47.3 Å². The summed E-state index contributed by atoms with van der Waals surface area (Å²) in [6.45, 7) is 2.77. The Morgan fingerprint density at radius 1 is 1.53 bits per heavy atom. The number of hydrogen-bond donors (Lipinski definition) is 2. The summed E-state index contributed by atoms with van der Waals surface area (Å²) in [7, 11) is 0. The van der Waals surface area contributed by atoms with Gasteiger partial charge < -0.3 is 4.74 Å². The van der Waals surface area contributed by atoms with Crippen LogP contribution in [0.5, 0.6) is 0 Å². The summed E-state index contributed by atoms with van der Waals surface area (Å²) in [6.07, 6.45) is 3.59. The summed E-state index contributed by atoms with van der Waals surface area (Å²) >= 11 is 5.76. The van der Waals surface area contributed by atoms with Crippen molar-refractivity contribution in [2.24, 2.45) is 5.84 Å². The Morgan fingerprint density at radius 3 is 2.89 bits per heavy atom. The molecule has 2 atom stereocenters. The third-order valence-corrected chi connectivity index (χ3v) is 4.11. The minimum atomic E-state index is -0.348. The van der Waals surface area contributed by atoms with Crippen molar-refractivity contribution in [3.8, 4) is 0 Å². The Balaban J connectivity index is 2.14. The van der Waals surface area contributed by atoms with Crippen molar-refractivity contribution in [1.82, 2.24) is 5.43 Å². The summed E-state index contributed by atoms with van der Waals surface area (Å²) in [5, 5.41) is 0.402. The van der Waals surface area contributed by atoms with E-state index < -0.39 is 0 Å². The molecule has 106 valence electrons. The van der Waals surface area contributed by atoms with Gasteiger partial charge in [-0.05, 0) is 50.3 Å². The van der Waals surface area contributed by atoms with E-state index in [1.807, 2.05) is 6.92 Å². The Kier molecular flexibility index (Phi) is 4.79. The molecule has 1 aliphatic rings. The van der Waals surface area contributed by atoms with E-state index in [1.165, 1.54) is 6.07 Å². The molecule has 0 aliphatic carbocycles. The second-order valence-corrected chi connectivity index (χ2v) is 5.71. The van der Waals surface area contributed by atoms with Crippen LogP contribution in [0.2, 0.25) is 5.02 Å². The van der Waals surface area contributed by atoms with E-state index in [-0.39, 0.29) is 17.5 Å². The molecule has 1 aromatic carbocycles. The number of hydrazine groups is 1. The molecule has 0 radical (unpaired) electrons. The molecular formula is C14H20ClFN2O. The van der Waals surface area contributed by atoms with E-state index in [0.717, 1.165) is 25.9 Å². The van der Waals surface area contributed by atoms with Gasteiger partial charge in [0.1, 0.15) is 5.82 Å². The summed E-state index contributed by atoms with van der Waals surface area (Å²) in [5.74, 6) is 5.34. The standard InChI is InChI=1S/C14H20ClFN2O/c1-14(6-2-3-7-19-14)13(18-17)8-10-4-5-11(15)9-12(10)16/h4-5,9,13,18H,2-3,6-8,17H2,1H3. The Labute approximate surface area is 118 Å². The molecule has 1 heterocycles. The number of nitrogens with two attached hydrogens (primary N) is 1. The third-order valence-electron chi connectivity index (χ3n) is 3.88. The Bertz CT molecular complexity index is 435. The molecule has 19 heavy (non-hydrogen) atoms. The predicted molar refractivity (Wildman–Crippen MR) is 74.4 cm³/mol. The Morgan fingerprint density at radius 2 is 2.32 bits per heavy atom. The summed E-state index contributed by atoms with van der Waals surface area (Å²) < 4.78 is 19.7. The molecule has 2 rings (SSSR count). The molecule has 1 saturated heterocycles. The second kappa shape index (κ2) is 6.18. The van der Waals surface area contributed by atoms with Gasteiger partial charge in [0.15, 0.2) is 0 Å². The van der Waals surface area contributed by atoms with E-state index in [4.69, 9.17) is 22.2 Å². The van der Waals surface area contributed by atoms with Crippen molar-refractivity contribution in [3.63, 3.8) is 0 Å². The molecule has 3 nitrogen and oxygen atoms in total. The van der Waals surface area contributed by atoms with Gasteiger partial charge in [-0.15, -0.1) is 0 Å². The maximum atomic E-state index is 13.8. The lowest BCUT2D eigenvalue weighted by Crippen LogP contribution is -2.55. The van der Waals surface area contributed by atoms with Crippen LogP contribution in [-0.4, -0.2) is 18.2 Å². The van der Waals surface area contributed by atoms with E-state index in [2.05, 4.69) is 5.43 Å². The van der Waals surface area contributed by atoms with E-state index in [1.54, 1.807) is 12.1 Å². The number of rotatable bonds is 4. The first kappa shape index (κ1) is 14.7. The largest absolute Gasteiger partial charge is 0.374 e. The van der Waals surface area contributed by atoms with Gasteiger partial charge in [0.25, 0.3) is 0 Å². The van der Waals surface area contributed by atoms with Crippen molar-refractivity contribution in [3.05, 3.63) is 34.6 Å². The number of nitrogens with one attached hydrogen (secondary N) is 1. The zero-order chi connectivity index (χ0) is 13.9. The van der Waals surface area contributed by atoms with Gasteiger partial charge in [0.05, 0.1) is 11.6 Å². The maximum Gasteiger partial charge on any atom is 0.127 e. The van der Waals surface area contributed by atoms with Crippen LogP contribution in [0, 0.1) is 5.82 Å². The molecule has 5 heteroatoms. The molecule has 0 amide bonds. The van der Waals surface area contributed by atoms with Crippen LogP contribution in [0.15, 0.2) is 18.2 Å². The first-order valence-electron chi connectivity index (χ1n) is 6.59. The molecule has 2 unspecified atom stereocenters. The zero-order valence-corrected chi connectivity index (χ0v) is 11.8. The van der Waals surface area contributed by atoms with Crippen molar-refractivity contribution >= 4 is 11.6 Å². The highest BCUT2D eigenvalue weighted by atomic mass is 35.5. The fourth-order valence-electron chi connectivity index (χ4n) is 2.59. The molecule has 0 aromatic heterocycles. The van der Waals surface area contributed by atoms with Crippen LogP contribution in [-0.2, 0) is 11.2 Å². The highest BCUT2D eigenvalue weighted by Crippen LogP contribution is 2.30. The van der Waals surface area contributed by atoms with E-state index in [0.29, 0.717) is 17.0 Å². The highest BCUT2D eigenvalue weighted by molar-refractivity contribution is 6.30. The summed E-state index contributed by atoms with van der Waals surface area (Å²) in [6, 6.07) is 4.60. The van der Waals surface area contributed by atoms with Gasteiger partial charge in [0.2, 0.25) is 0 Å². The maximum absolute atomic E-state index is 13.8. The number of halogens is 2. The molecular weight excluding hydrogens is 267 g/mol. The fraction of sp³-hybridized carbons (Fsp3) is 0.571. The van der Waals surface area contributed by atoms with Crippen molar-refractivity contribution in [2.75, 3.05) is 6.61 Å². The molecule has 1 fully saturated rings. The predicted octanol–water partition coefficient (Wildman–Crippen LogP) is 2.81. The van der Waals surface area contributed by atoms with Gasteiger partial charge in [-0.3, -0.25) is 11.3 Å². The van der Waals surface area contributed by atoms with Crippen molar-refractivity contribution in [2.45, 2.75) is 44.2 Å². The van der Waals surface area contributed by atoms with Crippen LogP contribution >= 0.6 is 11.6 Å². The average molecular weight is 287 g/mol. The lowest BCUT2D eigenvalue weighted by Gasteiger charge is -2.40. The minimum absolute atomic E-state index is 0.122. The van der Waals surface area contributed by atoms with Crippen LogP contribution < -0.4 is 11.3 Å². The number of benzene rings is 1. The first-order chi connectivity index (χ1) is 9.05. The molecule has 0 bridgehead atoms. The molecule has 0 saturated carbocycles. The van der Waals surface area contributed by atoms with Crippen LogP contribution in [0.4, 0.5) is 4.39 Å². The van der Waals surface area contributed by atoms with Gasteiger partial charge in [0, 0.05) is 11.6 Å². The summed E-state index contributed by atoms with van der Waals surface area (Å²) in [4.78, 5) is 0. The van der Waals surface area contributed by atoms with E-state index >= 15 is 0 Å². The highest BCUT2D eigenvalue weighted by Gasteiger charge is 2.36. The van der Waals surface area contributed by atoms with Gasteiger partial charge in [-0.25, -0.2) is 4.39 Å². The van der Waals surface area contributed by atoms with Crippen LogP contribution in [0.3, 0.4) is 0 Å². The van der Waals surface area contributed by atoms with Crippen molar-refractivity contribution < 1.29 is 9.13 Å². The first-order valence-corrected chi connectivity index (χ1v) is 6.97. The van der Waals surface area contributed by atoms with Gasteiger partial charge >= 0.3 is 0 Å². The Hall–Kier alpha value is -0.680. The molecule has 1 aliphatic heterocycles. The molecule has 0 spiro atoms. The lowest BCUT2D eigenvalue weighted by molar-refractivity contribution is -0.0885. The van der Waals surface area contributed by atoms with E-state index in [9.17, 15) is 4.39 Å². The smallest absolute Gasteiger partial charge is 0.127 e. The number of ether oxygens (including phenoxy) is 1. The number of hydrogen-bond acceptors (Lipinski definition) is 3. The molecule has 3 N–H and O–H groups in total. The monoisotopic (exact) mass is 286 g/mol. The normalized spacial score (nSPS) is 25.3. The van der Waals surface area contributed by atoms with Crippen LogP contribution in [0.1, 0.15) is 31.7 Å². The van der Waals surface area contributed by atoms with Gasteiger partial charge in [-0.2, -0.15) is 0 Å². The molecule has 1 aromatic rings. The SMILES string of the molecule is CC1(C(Cc2ccc(Cl)cc2F)NN)CCCCO1. The summed E-state index contributed by atoms with van der Waals surface area (Å²) in [5.41, 5.74) is 3.03.